The summed E-state index contributed by atoms with van der Waals surface area (Å²) in [6.45, 7) is 5.48. The van der Waals surface area contributed by atoms with E-state index < -0.39 is 10.0 Å². The van der Waals surface area contributed by atoms with Gasteiger partial charge in [-0.1, -0.05) is 17.7 Å². The third-order valence-electron chi connectivity index (χ3n) is 7.64. The molecule has 0 N–H and O–H groups in total. The summed E-state index contributed by atoms with van der Waals surface area (Å²) in [5.41, 5.74) is 4.53. The standard InChI is InChI=1S/C32H32N4O4S2/c1-6-35(31-8-7-15-41-31)19-22-13-14-33-32-24(22)16-28(36(32)42(37,38)23-11-9-21(2)10-12-23)26-20-34(3)27-18-30(40-5)29(39-4)17-25(26)27/h7-18,20H,6,19H2,1-5H3. The van der Waals surface area contributed by atoms with Crippen molar-refractivity contribution in [2.45, 2.75) is 25.3 Å². The molecule has 0 amide bonds. The quantitative estimate of drug-likeness (QED) is 0.181. The lowest BCUT2D eigenvalue weighted by Gasteiger charge is -2.21. The van der Waals surface area contributed by atoms with Crippen LogP contribution in [0.2, 0.25) is 0 Å². The number of rotatable bonds is 9. The molecule has 0 unspecified atom stereocenters. The molecule has 0 saturated carbocycles. The summed E-state index contributed by atoms with van der Waals surface area (Å²) in [6.07, 6.45) is 3.64. The van der Waals surface area contributed by atoms with E-state index in [-0.39, 0.29) is 4.90 Å². The molecule has 4 aromatic heterocycles. The first-order valence-corrected chi connectivity index (χ1v) is 15.9. The number of hydrogen-bond donors (Lipinski definition) is 0. The topological polar surface area (TPSA) is 78.6 Å². The highest BCUT2D eigenvalue weighted by atomic mass is 32.2. The minimum Gasteiger partial charge on any atom is -0.493 e. The summed E-state index contributed by atoms with van der Waals surface area (Å²) in [4.78, 5) is 7.14. The molecule has 216 valence electrons. The number of thiophene rings is 1. The van der Waals surface area contributed by atoms with Gasteiger partial charge in [-0.3, -0.25) is 0 Å². The molecule has 4 heterocycles. The number of hydrogen-bond acceptors (Lipinski definition) is 7. The smallest absolute Gasteiger partial charge is 0.269 e. The van der Waals surface area contributed by atoms with Crippen LogP contribution >= 0.6 is 11.3 Å². The Bertz CT molecular complexity index is 2010. The van der Waals surface area contributed by atoms with Crippen molar-refractivity contribution in [1.82, 2.24) is 13.5 Å². The highest BCUT2D eigenvalue weighted by Gasteiger charge is 2.28. The minimum absolute atomic E-state index is 0.201. The summed E-state index contributed by atoms with van der Waals surface area (Å²) in [6, 6.07) is 18.8. The van der Waals surface area contributed by atoms with Crippen LogP contribution < -0.4 is 14.4 Å². The van der Waals surface area contributed by atoms with Gasteiger partial charge in [-0.25, -0.2) is 17.4 Å². The summed E-state index contributed by atoms with van der Waals surface area (Å²) in [5.74, 6) is 1.16. The van der Waals surface area contributed by atoms with E-state index in [2.05, 4.69) is 28.3 Å². The molecular weight excluding hydrogens is 569 g/mol. The summed E-state index contributed by atoms with van der Waals surface area (Å²) in [7, 11) is 1.10. The van der Waals surface area contributed by atoms with Crippen LogP contribution in [-0.2, 0) is 23.6 Å². The van der Waals surface area contributed by atoms with E-state index in [1.807, 2.05) is 67.2 Å². The summed E-state index contributed by atoms with van der Waals surface area (Å²) in [5, 5.41) is 4.85. The van der Waals surface area contributed by atoms with Crippen LogP contribution in [0, 0.1) is 6.92 Å². The number of benzene rings is 2. The van der Waals surface area contributed by atoms with Crippen molar-refractivity contribution < 1.29 is 17.9 Å². The normalized spacial score (nSPS) is 11.8. The number of aryl methyl sites for hydroxylation is 2. The Hall–Kier alpha value is -4.28. The molecule has 0 spiro atoms. The molecule has 0 fully saturated rings. The fourth-order valence-corrected chi connectivity index (χ4v) is 7.70. The maximum Gasteiger partial charge on any atom is 0.269 e. The van der Waals surface area contributed by atoms with Gasteiger partial charge in [-0.15, -0.1) is 11.3 Å². The predicted molar refractivity (Wildman–Crippen MR) is 170 cm³/mol. The third-order valence-corrected chi connectivity index (χ3v) is 10.3. The molecule has 42 heavy (non-hydrogen) atoms. The van der Waals surface area contributed by atoms with Crippen LogP contribution in [0.5, 0.6) is 11.5 Å². The minimum atomic E-state index is -4.02. The number of aromatic nitrogens is 3. The van der Waals surface area contributed by atoms with E-state index in [0.717, 1.165) is 44.5 Å². The molecule has 0 bridgehead atoms. The van der Waals surface area contributed by atoms with Crippen molar-refractivity contribution in [3.63, 3.8) is 0 Å². The first-order valence-electron chi connectivity index (χ1n) is 13.6. The lowest BCUT2D eigenvalue weighted by atomic mass is 10.1. The lowest BCUT2D eigenvalue weighted by Crippen LogP contribution is -2.21. The van der Waals surface area contributed by atoms with Gasteiger partial charge in [0.15, 0.2) is 17.1 Å². The molecule has 0 saturated heterocycles. The first-order chi connectivity index (χ1) is 20.3. The van der Waals surface area contributed by atoms with Crippen LogP contribution in [0.25, 0.3) is 33.2 Å². The molecule has 6 rings (SSSR count). The van der Waals surface area contributed by atoms with E-state index in [4.69, 9.17) is 9.47 Å². The van der Waals surface area contributed by atoms with Crippen molar-refractivity contribution in [3.05, 3.63) is 89.6 Å². The third kappa shape index (κ3) is 4.60. The SMILES string of the molecule is CCN(Cc1ccnc2c1cc(-c1cn(C)c3cc(OC)c(OC)cc13)n2S(=O)(=O)c1ccc(C)cc1)c1cccs1. The predicted octanol–water partition coefficient (Wildman–Crippen LogP) is 6.85. The van der Waals surface area contributed by atoms with Gasteiger partial charge in [-0.05, 0) is 67.3 Å². The Balaban J connectivity index is 1.64. The van der Waals surface area contributed by atoms with Crippen LogP contribution in [0.4, 0.5) is 5.00 Å². The largest absolute Gasteiger partial charge is 0.493 e. The lowest BCUT2D eigenvalue weighted by molar-refractivity contribution is 0.355. The molecule has 10 heteroatoms. The van der Waals surface area contributed by atoms with Crippen molar-refractivity contribution in [1.29, 1.82) is 0 Å². The Morgan fingerprint density at radius 1 is 0.976 bits per heavy atom. The Morgan fingerprint density at radius 2 is 1.71 bits per heavy atom. The monoisotopic (exact) mass is 600 g/mol. The maximum absolute atomic E-state index is 14.4. The van der Waals surface area contributed by atoms with Gasteiger partial charge >= 0.3 is 0 Å². The van der Waals surface area contributed by atoms with Crippen molar-refractivity contribution in [3.8, 4) is 22.8 Å². The maximum atomic E-state index is 14.4. The van der Waals surface area contributed by atoms with E-state index in [0.29, 0.717) is 29.4 Å². The summed E-state index contributed by atoms with van der Waals surface area (Å²) >= 11 is 1.68. The van der Waals surface area contributed by atoms with Gasteiger partial charge in [0.1, 0.15) is 0 Å². The molecule has 0 atom stereocenters. The number of methoxy groups -OCH3 is 2. The fourth-order valence-electron chi connectivity index (χ4n) is 5.43. The van der Waals surface area contributed by atoms with Crippen molar-refractivity contribution in [2.75, 3.05) is 25.7 Å². The average Bonchev–Trinajstić information content (AvgIpc) is 3.73. The average molecular weight is 601 g/mol. The second-order valence-corrected chi connectivity index (χ2v) is 12.9. The molecule has 2 aromatic carbocycles. The van der Waals surface area contributed by atoms with E-state index >= 15 is 0 Å². The van der Waals surface area contributed by atoms with Crippen LogP contribution in [0.15, 0.2) is 83.3 Å². The second kappa shape index (κ2) is 10.8. The van der Waals surface area contributed by atoms with E-state index in [1.165, 1.54) is 3.97 Å². The highest BCUT2D eigenvalue weighted by molar-refractivity contribution is 7.90. The molecule has 0 aliphatic carbocycles. The Kier molecular flexibility index (Phi) is 7.20. The molecule has 0 radical (unpaired) electrons. The van der Waals surface area contributed by atoms with Crippen molar-refractivity contribution >= 4 is 48.3 Å². The summed E-state index contributed by atoms with van der Waals surface area (Å²) < 4.78 is 43.4. The van der Waals surface area contributed by atoms with Crippen molar-refractivity contribution in [2.24, 2.45) is 7.05 Å². The number of pyridine rings is 1. The molecule has 0 aliphatic heterocycles. The van der Waals surface area contributed by atoms with Gasteiger partial charge in [0.05, 0.1) is 35.3 Å². The van der Waals surface area contributed by atoms with Crippen LogP contribution in [0.1, 0.15) is 18.1 Å². The van der Waals surface area contributed by atoms with E-state index in [1.54, 1.807) is 43.9 Å². The zero-order chi connectivity index (χ0) is 29.6. The number of nitrogens with zero attached hydrogens (tertiary/aromatic N) is 4. The number of anilines is 1. The first kappa shape index (κ1) is 27.9. The zero-order valence-corrected chi connectivity index (χ0v) is 25.8. The number of ether oxygens (including phenoxy) is 2. The highest BCUT2D eigenvalue weighted by Crippen LogP contribution is 2.41. The van der Waals surface area contributed by atoms with Gasteiger partial charge in [0.2, 0.25) is 0 Å². The zero-order valence-electron chi connectivity index (χ0n) is 24.2. The Morgan fingerprint density at radius 3 is 2.38 bits per heavy atom. The van der Waals surface area contributed by atoms with Crippen LogP contribution in [-0.4, -0.2) is 42.7 Å². The Labute approximate surface area is 249 Å². The van der Waals surface area contributed by atoms with Gasteiger partial charge in [-0.2, -0.15) is 0 Å². The van der Waals surface area contributed by atoms with Gasteiger partial charge in [0.25, 0.3) is 10.0 Å². The van der Waals surface area contributed by atoms with Gasteiger partial charge in [0, 0.05) is 54.9 Å². The molecule has 8 nitrogen and oxygen atoms in total. The molecular formula is C32H32N4O4S2. The second-order valence-electron chi connectivity index (χ2n) is 10.2. The fraction of sp³-hybridized carbons (Fsp3) is 0.219. The van der Waals surface area contributed by atoms with Crippen LogP contribution in [0.3, 0.4) is 0 Å². The number of fused-ring (bicyclic) bond motifs is 2. The van der Waals surface area contributed by atoms with E-state index in [9.17, 15) is 8.42 Å². The molecule has 6 aromatic rings. The van der Waals surface area contributed by atoms with Gasteiger partial charge < -0.3 is 18.9 Å². The molecule has 0 aliphatic rings.